The highest BCUT2D eigenvalue weighted by Crippen LogP contribution is 2.68. The van der Waals surface area contributed by atoms with Crippen LogP contribution >= 0.6 is 0 Å². The molecule has 4 nitrogen and oxygen atoms in total. The average Bonchev–Trinajstić information content (AvgIpc) is 2.72. The fourth-order valence-corrected chi connectivity index (χ4v) is 11.0. The van der Waals surface area contributed by atoms with Gasteiger partial charge in [-0.1, -0.05) is 48.5 Å². The highest BCUT2D eigenvalue weighted by Gasteiger charge is 2.64. The Bertz CT molecular complexity index is 787. The Morgan fingerprint density at radius 2 is 1.53 bits per heavy atom. The predicted molar refractivity (Wildman–Crippen MR) is 134 cm³/mol. The Balaban J connectivity index is 1.50. The van der Waals surface area contributed by atoms with Gasteiger partial charge >= 0.3 is 0 Å². The maximum absolute atomic E-state index is 11.9. The molecule has 2 N–H and O–H groups in total. The summed E-state index contributed by atoms with van der Waals surface area (Å²) >= 11 is 0. The molecule has 5 saturated carbocycles. The Labute approximate surface area is 207 Å². The van der Waals surface area contributed by atoms with E-state index in [0.717, 1.165) is 32.1 Å². The largest absolute Gasteiger partial charge is 0.464 e. The summed E-state index contributed by atoms with van der Waals surface area (Å²) in [6, 6.07) is 0. The van der Waals surface area contributed by atoms with Crippen molar-refractivity contribution in [3.63, 3.8) is 0 Å². The van der Waals surface area contributed by atoms with Gasteiger partial charge < -0.3 is 14.9 Å². The lowest BCUT2D eigenvalue weighted by atomic mass is 9.39. The smallest absolute Gasteiger partial charge is 0.293 e. The standard InChI is InChI=1S/C30H50O4/c1-16-10-24(33)30(6,7)21-9-8-17-18(25(16)21)11-22(32)26-20-12-28(2,3)14-23(34-15-31)19(20)13-29(4,5)27(17)26/h15-27,32-33H,8-14H2,1-7H3/t16-,17?,18?,19?,20?,21?,22?,23-,24?,25?,26?,27?/m1/s1. The SMILES string of the molecule is C[C@@H]1CC(O)C(C)(C)C2CCC3C(CC(O)C4C5CC(C)(C)C[C@@H](OC=O)C5CC(C)(C)C34)C21. The maximum atomic E-state index is 11.9. The molecule has 5 aliphatic carbocycles. The zero-order valence-electron chi connectivity index (χ0n) is 22.7. The lowest BCUT2D eigenvalue weighted by molar-refractivity contribution is -0.221. The predicted octanol–water partition coefficient (Wildman–Crippen LogP) is 5.69. The molecule has 0 saturated heterocycles. The Morgan fingerprint density at radius 3 is 2.21 bits per heavy atom. The second kappa shape index (κ2) is 8.20. The molecular formula is C30H50O4. The summed E-state index contributed by atoms with van der Waals surface area (Å²) in [6.07, 6.45) is 6.91. The second-order valence-corrected chi connectivity index (χ2v) is 15.4. The van der Waals surface area contributed by atoms with Crippen molar-refractivity contribution in [1.82, 2.24) is 0 Å². The third-order valence-electron chi connectivity index (χ3n) is 12.2. The van der Waals surface area contributed by atoms with Crippen LogP contribution in [0, 0.1) is 69.5 Å². The van der Waals surface area contributed by atoms with Gasteiger partial charge in [-0.15, -0.1) is 0 Å². The van der Waals surface area contributed by atoms with E-state index in [1.54, 1.807) is 0 Å². The molecule has 0 aromatic rings. The van der Waals surface area contributed by atoms with Crippen molar-refractivity contribution >= 4 is 6.47 Å². The van der Waals surface area contributed by atoms with Crippen molar-refractivity contribution in [3.8, 4) is 0 Å². The molecule has 0 aromatic heterocycles. The average molecular weight is 475 g/mol. The van der Waals surface area contributed by atoms with E-state index in [2.05, 4.69) is 48.5 Å². The van der Waals surface area contributed by atoms with Crippen molar-refractivity contribution in [1.29, 1.82) is 0 Å². The number of hydrogen-bond donors (Lipinski definition) is 2. The van der Waals surface area contributed by atoms with Gasteiger partial charge in [0.2, 0.25) is 0 Å². The second-order valence-electron chi connectivity index (χ2n) is 15.4. The third kappa shape index (κ3) is 3.71. The molecular weight excluding hydrogens is 424 g/mol. The summed E-state index contributed by atoms with van der Waals surface area (Å²) in [4.78, 5) is 11.4. The number of aliphatic hydroxyl groups is 2. The number of hydrogen-bond acceptors (Lipinski definition) is 4. The van der Waals surface area contributed by atoms with Crippen LogP contribution in [0.1, 0.15) is 93.4 Å². The van der Waals surface area contributed by atoms with Crippen LogP contribution in [0.15, 0.2) is 0 Å². The monoisotopic (exact) mass is 474 g/mol. The minimum absolute atomic E-state index is 0.0206. The van der Waals surface area contributed by atoms with Gasteiger partial charge in [-0.25, -0.2) is 0 Å². The first kappa shape index (κ1) is 25.1. The zero-order chi connectivity index (χ0) is 24.8. The Hall–Kier alpha value is -0.610. The molecule has 0 aromatic carbocycles. The Morgan fingerprint density at radius 1 is 0.824 bits per heavy atom. The van der Waals surface area contributed by atoms with Crippen LogP contribution in [0.4, 0.5) is 0 Å². The van der Waals surface area contributed by atoms with Crippen LogP contribution in [0.3, 0.4) is 0 Å². The van der Waals surface area contributed by atoms with E-state index < -0.39 is 0 Å². The van der Waals surface area contributed by atoms with Crippen molar-refractivity contribution in [2.75, 3.05) is 0 Å². The molecule has 10 unspecified atom stereocenters. The van der Waals surface area contributed by atoms with Crippen molar-refractivity contribution < 1.29 is 19.7 Å². The first-order valence-corrected chi connectivity index (χ1v) is 14.2. The van der Waals surface area contributed by atoms with E-state index in [0.29, 0.717) is 59.7 Å². The molecule has 0 heterocycles. The van der Waals surface area contributed by atoms with Gasteiger partial charge in [0, 0.05) is 0 Å². The van der Waals surface area contributed by atoms with Crippen LogP contribution in [-0.2, 0) is 9.53 Å². The number of carbonyl (C=O) groups is 1. The lowest BCUT2D eigenvalue weighted by Gasteiger charge is -2.67. The first-order chi connectivity index (χ1) is 15.8. The molecule has 0 aliphatic heterocycles. The van der Waals surface area contributed by atoms with Gasteiger partial charge in [0.05, 0.1) is 12.2 Å². The van der Waals surface area contributed by atoms with E-state index in [4.69, 9.17) is 4.74 Å². The first-order valence-electron chi connectivity index (χ1n) is 14.2. The molecule has 4 heteroatoms. The van der Waals surface area contributed by atoms with Gasteiger partial charge in [0.25, 0.3) is 6.47 Å². The third-order valence-corrected chi connectivity index (χ3v) is 12.2. The summed E-state index contributed by atoms with van der Waals surface area (Å²) in [5, 5.41) is 22.8. The molecule has 194 valence electrons. The number of aliphatic hydroxyl groups excluding tert-OH is 2. The van der Waals surface area contributed by atoms with Crippen LogP contribution in [0.25, 0.3) is 0 Å². The van der Waals surface area contributed by atoms with Crippen molar-refractivity contribution in [3.05, 3.63) is 0 Å². The number of ether oxygens (including phenoxy) is 1. The lowest BCUT2D eigenvalue weighted by Crippen LogP contribution is -2.64. The minimum Gasteiger partial charge on any atom is -0.464 e. The number of fused-ring (bicyclic) bond motifs is 7. The zero-order valence-corrected chi connectivity index (χ0v) is 22.7. The summed E-state index contributed by atoms with van der Waals surface area (Å²) in [5.74, 6) is 4.52. The summed E-state index contributed by atoms with van der Waals surface area (Å²) in [7, 11) is 0. The van der Waals surface area contributed by atoms with Crippen LogP contribution in [-0.4, -0.2) is 35.0 Å². The molecule has 0 amide bonds. The van der Waals surface area contributed by atoms with Gasteiger partial charge in [0.1, 0.15) is 6.10 Å². The molecule has 12 atom stereocenters. The van der Waals surface area contributed by atoms with Gasteiger partial charge in [-0.2, -0.15) is 0 Å². The van der Waals surface area contributed by atoms with Crippen LogP contribution < -0.4 is 0 Å². The fraction of sp³-hybridized carbons (Fsp3) is 0.967. The topological polar surface area (TPSA) is 66.8 Å². The highest BCUT2D eigenvalue weighted by molar-refractivity contribution is 5.37. The fourth-order valence-electron chi connectivity index (χ4n) is 11.0. The summed E-state index contributed by atoms with van der Waals surface area (Å²) in [6.45, 7) is 17.1. The van der Waals surface area contributed by atoms with E-state index >= 15 is 0 Å². The molecule has 0 bridgehead atoms. The normalized spacial score (nSPS) is 52.9. The van der Waals surface area contributed by atoms with Gasteiger partial charge in [-0.3, -0.25) is 4.79 Å². The van der Waals surface area contributed by atoms with Crippen molar-refractivity contribution in [2.45, 2.75) is 112 Å². The quantitative estimate of drug-likeness (QED) is 0.504. The number of rotatable bonds is 2. The molecule has 0 spiro atoms. The summed E-state index contributed by atoms with van der Waals surface area (Å²) < 4.78 is 5.73. The Kier molecular flexibility index (Phi) is 6.04. The molecule has 5 fully saturated rings. The van der Waals surface area contributed by atoms with Crippen LogP contribution in [0.5, 0.6) is 0 Å². The van der Waals surface area contributed by atoms with Gasteiger partial charge in [0.15, 0.2) is 0 Å². The van der Waals surface area contributed by atoms with Crippen LogP contribution in [0.2, 0.25) is 0 Å². The van der Waals surface area contributed by atoms with E-state index in [1.165, 1.54) is 12.8 Å². The van der Waals surface area contributed by atoms with Crippen molar-refractivity contribution in [2.24, 2.45) is 69.5 Å². The van der Waals surface area contributed by atoms with E-state index in [9.17, 15) is 15.0 Å². The van der Waals surface area contributed by atoms with Gasteiger partial charge in [-0.05, 0) is 114 Å². The maximum Gasteiger partial charge on any atom is 0.293 e. The van der Waals surface area contributed by atoms with E-state index in [1.807, 2.05) is 0 Å². The highest BCUT2D eigenvalue weighted by atomic mass is 16.5. The molecule has 34 heavy (non-hydrogen) atoms. The van der Waals surface area contributed by atoms with E-state index in [-0.39, 0.29) is 34.6 Å². The molecule has 5 aliphatic rings. The summed E-state index contributed by atoms with van der Waals surface area (Å²) in [5.41, 5.74) is 0.221. The molecule has 0 radical (unpaired) electrons. The number of carbonyl (C=O) groups excluding carboxylic acids is 1. The minimum atomic E-state index is -0.273. The molecule has 5 rings (SSSR count).